The van der Waals surface area contributed by atoms with Gasteiger partial charge in [0.1, 0.15) is 0 Å². The highest BCUT2D eigenvalue weighted by atomic mass is 35.5. The van der Waals surface area contributed by atoms with E-state index in [-0.39, 0.29) is 31.0 Å². The van der Waals surface area contributed by atoms with Crippen LogP contribution in [0, 0.1) is 0 Å². The molecule has 2 aromatic carbocycles. The molecule has 0 heterocycles. The fourth-order valence-electron chi connectivity index (χ4n) is 3.26. The average Bonchev–Trinajstić information content (AvgIpc) is 2.73. The molecule has 0 aliphatic heterocycles. The van der Waals surface area contributed by atoms with Crippen LogP contribution in [-0.2, 0) is 6.42 Å². The molecule has 2 atom stereocenters. The first kappa shape index (κ1) is 24.9. The summed E-state index contributed by atoms with van der Waals surface area (Å²) >= 11 is 0. The summed E-state index contributed by atoms with van der Waals surface area (Å²) in [6, 6.07) is 11.8. The fraction of sp³-hybridized carbons (Fsp3) is 0.455. The topological polar surface area (TPSA) is 69.2 Å². The van der Waals surface area contributed by atoms with Gasteiger partial charge in [-0.25, -0.2) is 0 Å². The predicted molar refractivity (Wildman–Crippen MR) is 117 cm³/mol. The first-order valence-electron chi connectivity index (χ1n) is 9.35. The van der Waals surface area contributed by atoms with Gasteiger partial charge in [-0.05, 0) is 55.3 Å². The molecular weight excluding hydrogens is 394 g/mol. The van der Waals surface area contributed by atoms with Crippen LogP contribution in [0.3, 0.4) is 0 Å². The molecule has 7 heteroatoms. The second-order valence-corrected chi connectivity index (χ2v) is 6.59. The van der Waals surface area contributed by atoms with Crippen LogP contribution in [0.15, 0.2) is 36.4 Å². The first-order valence-corrected chi connectivity index (χ1v) is 9.35. The summed E-state index contributed by atoms with van der Waals surface area (Å²) < 4.78 is 21.3. The Morgan fingerprint density at radius 1 is 0.828 bits per heavy atom. The van der Waals surface area contributed by atoms with E-state index in [0.717, 1.165) is 35.6 Å². The van der Waals surface area contributed by atoms with Gasteiger partial charge in [0.15, 0.2) is 23.0 Å². The SMILES string of the molecule is COc1ccc(CCNC(C)C(CO)c2ccc(OC)c(OC)c2)cc1OC.Cl. The standard InChI is InChI=1S/C22H31NO5.ClH/c1-15(18(14-24)17-7-9-20(26-3)22(13-17)28-5)23-11-10-16-6-8-19(25-2)21(12-16)27-4;/h6-9,12-13,15,18,23-24H,10-11,14H2,1-5H3;1H. The van der Waals surface area contributed by atoms with Crippen molar-refractivity contribution in [1.82, 2.24) is 5.32 Å². The summed E-state index contributed by atoms with van der Waals surface area (Å²) in [7, 11) is 6.49. The zero-order valence-electron chi connectivity index (χ0n) is 17.7. The number of methoxy groups -OCH3 is 4. The van der Waals surface area contributed by atoms with Gasteiger partial charge < -0.3 is 29.4 Å². The van der Waals surface area contributed by atoms with Crippen LogP contribution in [-0.4, -0.2) is 52.7 Å². The van der Waals surface area contributed by atoms with Gasteiger partial charge >= 0.3 is 0 Å². The third-order valence-corrected chi connectivity index (χ3v) is 4.96. The molecule has 0 aliphatic carbocycles. The normalized spacial score (nSPS) is 12.5. The third-order valence-electron chi connectivity index (χ3n) is 4.96. The van der Waals surface area contributed by atoms with Crippen molar-refractivity contribution in [2.24, 2.45) is 0 Å². The van der Waals surface area contributed by atoms with Crippen molar-refractivity contribution in [1.29, 1.82) is 0 Å². The zero-order chi connectivity index (χ0) is 20.5. The van der Waals surface area contributed by atoms with Gasteiger partial charge in [-0.3, -0.25) is 0 Å². The number of halogens is 1. The molecule has 162 valence electrons. The molecule has 0 amide bonds. The second-order valence-electron chi connectivity index (χ2n) is 6.59. The number of aliphatic hydroxyl groups excluding tert-OH is 1. The van der Waals surface area contributed by atoms with Crippen molar-refractivity contribution in [3.05, 3.63) is 47.5 Å². The summed E-state index contributed by atoms with van der Waals surface area (Å²) in [5.41, 5.74) is 2.16. The molecule has 0 aliphatic rings. The largest absolute Gasteiger partial charge is 0.493 e. The van der Waals surface area contributed by atoms with Crippen molar-refractivity contribution in [2.45, 2.75) is 25.3 Å². The maximum Gasteiger partial charge on any atom is 0.160 e. The smallest absolute Gasteiger partial charge is 0.160 e. The number of ether oxygens (including phenoxy) is 4. The van der Waals surface area contributed by atoms with Crippen molar-refractivity contribution in [2.75, 3.05) is 41.6 Å². The van der Waals surface area contributed by atoms with Gasteiger partial charge in [0, 0.05) is 12.0 Å². The van der Waals surface area contributed by atoms with Crippen molar-refractivity contribution in [3.63, 3.8) is 0 Å². The molecule has 0 fully saturated rings. The Kier molecular flexibility index (Phi) is 10.7. The minimum Gasteiger partial charge on any atom is -0.493 e. The number of rotatable bonds is 11. The summed E-state index contributed by atoms with van der Waals surface area (Å²) in [6.07, 6.45) is 0.842. The van der Waals surface area contributed by atoms with E-state index in [9.17, 15) is 5.11 Å². The first-order chi connectivity index (χ1) is 13.6. The zero-order valence-corrected chi connectivity index (χ0v) is 18.5. The number of nitrogens with one attached hydrogen (secondary N) is 1. The monoisotopic (exact) mass is 425 g/mol. The number of hydrogen-bond donors (Lipinski definition) is 2. The Labute approximate surface area is 179 Å². The van der Waals surface area contributed by atoms with Crippen LogP contribution in [0.5, 0.6) is 23.0 Å². The predicted octanol–water partition coefficient (Wildman–Crippen LogP) is 3.44. The maximum absolute atomic E-state index is 9.94. The molecule has 0 aromatic heterocycles. The summed E-state index contributed by atoms with van der Waals surface area (Å²) in [5.74, 6) is 2.74. The van der Waals surface area contributed by atoms with E-state index in [0.29, 0.717) is 11.5 Å². The molecule has 2 N–H and O–H groups in total. The van der Waals surface area contributed by atoms with E-state index >= 15 is 0 Å². The van der Waals surface area contributed by atoms with Gasteiger partial charge in [-0.2, -0.15) is 0 Å². The van der Waals surface area contributed by atoms with Gasteiger partial charge in [0.2, 0.25) is 0 Å². The quantitative estimate of drug-likeness (QED) is 0.574. The highest BCUT2D eigenvalue weighted by Crippen LogP contribution is 2.32. The molecule has 2 rings (SSSR count). The van der Waals surface area contributed by atoms with Gasteiger partial charge in [0.05, 0.1) is 35.0 Å². The molecule has 0 saturated carbocycles. The lowest BCUT2D eigenvalue weighted by atomic mass is 9.92. The molecule has 0 radical (unpaired) electrons. The molecule has 2 aromatic rings. The van der Waals surface area contributed by atoms with Gasteiger partial charge in [-0.15, -0.1) is 12.4 Å². The van der Waals surface area contributed by atoms with Gasteiger partial charge in [-0.1, -0.05) is 12.1 Å². The van der Waals surface area contributed by atoms with E-state index in [2.05, 4.69) is 12.2 Å². The van der Waals surface area contributed by atoms with Gasteiger partial charge in [0.25, 0.3) is 0 Å². The lowest BCUT2D eigenvalue weighted by Gasteiger charge is -2.24. The highest BCUT2D eigenvalue weighted by Gasteiger charge is 2.20. The minimum absolute atomic E-state index is 0. The van der Waals surface area contributed by atoms with Crippen molar-refractivity contribution < 1.29 is 24.1 Å². The summed E-state index contributed by atoms with van der Waals surface area (Å²) in [5, 5.41) is 13.4. The van der Waals surface area contributed by atoms with Crippen LogP contribution in [0.25, 0.3) is 0 Å². The maximum atomic E-state index is 9.94. The van der Waals surface area contributed by atoms with Crippen molar-refractivity contribution >= 4 is 12.4 Å². The summed E-state index contributed by atoms with van der Waals surface area (Å²) in [6.45, 7) is 2.90. The van der Waals surface area contributed by atoms with Crippen LogP contribution in [0.4, 0.5) is 0 Å². The third kappa shape index (κ3) is 6.42. The van der Waals surface area contributed by atoms with Crippen LogP contribution < -0.4 is 24.3 Å². The second kappa shape index (κ2) is 12.4. The lowest BCUT2D eigenvalue weighted by molar-refractivity contribution is 0.240. The molecule has 0 spiro atoms. The van der Waals surface area contributed by atoms with E-state index < -0.39 is 0 Å². The lowest BCUT2D eigenvalue weighted by Crippen LogP contribution is -2.35. The number of hydrogen-bond acceptors (Lipinski definition) is 6. The minimum atomic E-state index is -0.0507. The van der Waals surface area contributed by atoms with E-state index in [1.54, 1.807) is 28.4 Å². The Balaban J connectivity index is 0.00000420. The highest BCUT2D eigenvalue weighted by molar-refractivity contribution is 5.85. The summed E-state index contributed by atoms with van der Waals surface area (Å²) in [4.78, 5) is 0. The molecule has 0 saturated heterocycles. The van der Waals surface area contributed by atoms with Crippen LogP contribution in [0.2, 0.25) is 0 Å². The number of aliphatic hydroxyl groups is 1. The molecule has 6 nitrogen and oxygen atoms in total. The average molecular weight is 426 g/mol. The Bertz CT molecular complexity index is 756. The number of benzene rings is 2. The fourth-order valence-corrected chi connectivity index (χ4v) is 3.26. The Hall–Kier alpha value is -2.15. The van der Waals surface area contributed by atoms with Crippen molar-refractivity contribution in [3.8, 4) is 23.0 Å². The van der Waals surface area contributed by atoms with E-state index in [1.165, 1.54) is 0 Å². The molecular formula is C22H32ClNO5. The molecule has 29 heavy (non-hydrogen) atoms. The molecule has 0 bridgehead atoms. The Morgan fingerprint density at radius 2 is 1.38 bits per heavy atom. The Morgan fingerprint density at radius 3 is 1.93 bits per heavy atom. The van der Waals surface area contributed by atoms with Crippen LogP contribution >= 0.6 is 12.4 Å². The molecule has 2 unspecified atom stereocenters. The van der Waals surface area contributed by atoms with E-state index in [4.69, 9.17) is 18.9 Å². The van der Waals surface area contributed by atoms with E-state index in [1.807, 2.05) is 36.4 Å². The van der Waals surface area contributed by atoms with Crippen LogP contribution in [0.1, 0.15) is 24.0 Å².